The number of morpholine rings is 1. The number of carbonyl (C=O) groups is 2. The molecule has 2 aliphatic rings. The zero-order valence-electron chi connectivity index (χ0n) is 18.8. The lowest BCUT2D eigenvalue weighted by atomic mass is 10.2. The summed E-state index contributed by atoms with van der Waals surface area (Å²) in [4.78, 5) is 45.0. The first kappa shape index (κ1) is 25.1. The Morgan fingerprint density at radius 2 is 1.94 bits per heavy atom. The molecule has 0 spiro atoms. The predicted octanol–water partition coefficient (Wildman–Crippen LogP) is 3.54. The molecule has 4 rings (SSSR count). The Hall–Kier alpha value is -2.99. The average Bonchev–Trinajstić information content (AvgIpc) is 3.13. The van der Waals surface area contributed by atoms with Crippen molar-refractivity contribution in [2.24, 2.45) is 4.99 Å². The van der Waals surface area contributed by atoms with E-state index in [-0.39, 0.29) is 28.7 Å². The number of halogens is 1. The van der Waals surface area contributed by atoms with E-state index in [0.29, 0.717) is 37.2 Å². The first-order valence-electron chi connectivity index (χ1n) is 11.1. The van der Waals surface area contributed by atoms with Gasteiger partial charge >= 0.3 is 0 Å². The highest BCUT2D eigenvalue weighted by Crippen LogP contribution is 2.33. The molecule has 2 saturated heterocycles. The molecule has 1 N–H and O–H groups in total. The van der Waals surface area contributed by atoms with Crippen molar-refractivity contribution in [2.45, 2.75) is 11.7 Å². The highest BCUT2D eigenvalue weighted by atomic mass is 35.5. The van der Waals surface area contributed by atoms with Crippen LogP contribution in [0.2, 0.25) is 5.02 Å². The van der Waals surface area contributed by atoms with Crippen LogP contribution in [0, 0.1) is 10.1 Å². The van der Waals surface area contributed by atoms with E-state index in [4.69, 9.17) is 16.3 Å². The molecule has 2 fully saturated rings. The van der Waals surface area contributed by atoms with Crippen LogP contribution in [0.3, 0.4) is 0 Å². The number of para-hydroxylation sites is 1. The van der Waals surface area contributed by atoms with Crippen molar-refractivity contribution >= 4 is 57.4 Å². The van der Waals surface area contributed by atoms with E-state index in [2.05, 4.69) is 15.2 Å². The van der Waals surface area contributed by atoms with Crippen molar-refractivity contribution in [1.29, 1.82) is 0 Å². The van der Waals surface area contributed by atoms with Gasteiger partial charge in [0.2, 0.25) is 11.8 Å². The summed E-state index contributed by atoms with van der Waals surface area (Å²) in [6, 6.07) is 13.1. The third-order valence-electron chi connectivity index (χ3n) is 5.55. The van der Waals surface area contributed by atoms with Gasteiger partial charge in [0.1, 0.15) is 5.25 Å². The zero-order chi connectivity index (χ0) is 24.8. The number of hydrogen-bond acceptors (Lipinski definition) is 8. The van der Waals surface area contributed by atoms with Crippen LogP contribution in [0.4, 0.5) is 17.1 Å². The molecule has 1 atom stereocenters. The van der Waals surface area contributed by atoms with Crippen LogP contribution in [0.1, 0.15) is 6.42 Å². The standard InChI is InChI=1S/C23H24ClN5O5S/c24-18-7-6-17(29(32)33)14-19(18)26-21(30)15-20-22(31)28(9-8-27-10-12-34-13-11-27)23(35-20)25-16-4-2-1-3-5-16/h1-7,14,20H,8-13,15H2,(H,26,30)/t20-/m1/s1. The van der Waals surface area contributed by atoms with Crippen LogP contribution < -0.4 is 5.32 Å². The lowest BCUT2D eigenvalue weighted by Crippen LogP contribution is -2.43. The summed E-state index contributed by atoms with van der Waals surface area (Å²) in [6.45, 7) is 4.05. The number of hydrogen-bond donors (Lipinski definition) is 1. The highest BCUT2D eigenvalue weighted by Gasteiger charge is 2.39. The van der Waals surface area contributed by atoms with Crippen molar-refractivity contribution in [2.75, 3.05) is 44.7 Å². The molecular formula is C23H24ClN5O5S. The second-order valence-electron chi connectivity index (χ2n) is 7.95. The molecule has 0 bridgehead atoms. The maximum absolute atomic E-state index is 13.3. The Bertz CT molecular complexity index is 1130. The molecule has 0 radical (unpaired) electrons. The first-order chi connectivity index (χ1) is 16.9. The molecule has 2 heterocycles. The molecule has 2 aromatic rings. The second kappa shape index (κ2) is 11.6. The number of nitrogens with zero attached hydrogens (tertiary/aromatic N) is 4. The number of nitro groups is 1. The lowest BCUT2D eigenvalue weighted by molar-refractivity contribution is -0.384. The normalized spacial score (nSPS) is 19.8. The van der Waals surface area contributed by atoms with Gasteiger partial charge in [0.05, 0.1) is 34.5 Å². The number of amidine groups is 1. The van der Waals surface area contributed by atoms with E-state index >= 15 is 0 Å². The molecule has 2 amide bonds. The molecule has 0 aliphatic carbocycles. The van der Waals surface area contributed by atoms with Gasteiger partial charge < -0.3 is 10.1 Å². The summed E-state index contributed by atoms with van der Waals surface area (Å²) in [7, 11) is 0. The Morgan fingerprint density at radius 3 is 2.66 bits per heavy atom. The minimum atomic E-state index is -0.667. The van der Waals surface area contributed by atoms with Gasteiger partial charge in [-0.2, -0.15) is 0 Å². The molecule has 10 nitrogen and oxygen atoms in total. The fourth-order valence-corrected chi connectivity index (χ4v) is 5.05. The maximum Gasteiger partial charge on any atom is 0.271 e. The molecule has 2 aliphatic heterocycles. The summed E-state index contributed by atoms with van der Waals surface area (Å²) in [5.41, 5.74) is 0.652. The van der Waals surface area contributed by atoms with E-state index in [0.717, 1.165) is 13.1 Å². The summed E-state index contributed by atoms with van der Waals surface area (Å²) < 4.78 is 5.39. The highest BCUT2D eigenvalue weighted by molar-refractivity contribution is 8.15. The zero-order valence-corrected chi connectivity index (χ0v) is 20.3. The molecule has 184 valence electrons. The first-order valence-corrected chi connectivity index (χ1v) is 12.3. The maximum atomic E-state index is 13.3. The molecule has 35 heavy (non-hydrogen) atoms. The van der Waals surface area contributed by atoms with Crippen molar-refractivity contribution in [3.63, 3.8) is 0 Å². The van der Waals surface area contributed by atoms with E-state index in [1.807, 2.05) is 30.3 Å². The Morgan fingerprint density at radius 1 is 1.20 bits per heavy atom. The van der Waals surface area contributed by atoms with Gasteiger partial charge in [0, 0.05) is 44.7 Å². The number of rotatable bonds is 8. The molecule has 0 aromatic heterocycles. The minimum Gasteiger partial charge on any atom is -0.379 e. The van der Waals surface area contributed by atoms with Gasteiger partial charge in [0.25, 0.3) is 5.69 Å². The minimum absolute atomic E-state index is 0.121. The van der Waals surface area contributed by atoms with E-state index < -0.39 is 16.1 Å². The summed E-state index contributed by atoms with van der Waals surface area (Å²) >= 11 is 7.33. The van der Waals surface area contributed by atoms with E-state index in [9.17, 15) is 19.7 Å². The Labute approximate surface area is 211 Å². The van der Waals surface area contributed by atoms with Crippen LogP contribution in [0.15, 0.2) is 53.5 Å². The average molecular weight is 518 g/mol. The molecule has 12 heteroatoms. The summed E-state index contributed by atoms with van der Waals surface area (Å²) in [6.07, 6.45) is -0.121. The van der Waals surface area contributed by atoms with Crippen LogP contribution in [0.25, 0.3) is 0 Å². The number of thioether (sulfide) groups is 1. The smallest absolute Gasteiger partial charge is 0.271 e. The van der Waals surface area contributed by atoms with Crippen LogP contribution in [-0.2, 0) is 14.3 Å². The van der Waals surface area contributed by atoms with Crippen LogP contribution >= 0.6 is 23.4 Å². The van der Waals surface area contributed by atoms with Crippen molar-refractivity contribution in [3.05, 3.63) is 63.7 Å². The number of anilines is 1. The Kier molecular flexibility index (Phi) is 8.34. The van der Waals surface area contributed by atoms with Gasteiger partial charge in [-0.05, 0) is 18.2 Å². The number of ether oxygens (including phenoxy) is 1. The topological polar surface area (TPSA) is 117 Å². The number of amides is 2. The lowest BCUT2D eigenvalue weighted by Gasteiger charge is -2.28. The van der Waals surface area contributed by atoms with Gasteiger partial charge in [-0.3, -0.25) is 29.5 Å². The summed E-state index contributed by atoms with van der Waals surface area (Å²) in [5, 5.41) is 13.7. The molecular weight excluding hydrogens is 494 g/mol. The number of nitro benzene ring substituents is 1. The summed E-state index contributed by atoms with van der Waals surface area (Å²) in [5.74, 6) is -0.662. The number of non-ortho nitro benzene ring substituents is 1. The van der Waals surface area contributed by atoms with Gasteiger partial charge in [-0.1, -0.05) is 41.6 Å². The second-order valence-corrected chi connectivity index (χ2v) is 9.53. The van der Waals surface area contributed by atoms with E-state index in [1.54, 1.807) is 4.90 Å². The fraction of sp³-hybridized carbons (Fsp3) is 0.348. The van der Waals surface area contributed by atoms with E-state index in [1.165, 1.54) is 30.0 Å². The monoisotopic (exact) mass is 517 g/mol. The number of nitrogens with one attached hydrogen (secondary N) is 1. The number of benzene rings is 2. The quantitative estimate of drug-likeness (QED) is 0.420. The van der Waals surface area contributed by atoms with Gasteiger partial charge in [-0.25, -0.2) is 4.99 Å². The van der Waals surface area contributed by atoms with Crippen molar-refractivity contribution in [3.8, 4) is 0 Å². The van der Waals surface area contributed by atoms with Crippen molar-refractivity contribution in [1.82, 2.24) is 9.80 Å². The van der Waals surface area contributed by atoms with Crippen LogP contribution in [-0.4, -0.2) is 76.3 Å². The largest absolute Gasteiger partial charge is 0.379 e. The Balaban J connectivity index is 1.47. The molecule has 0 unspecified atom stereocenters. The van der Waals surface area contributed by atoms with Crippen LogP contribution in [0.5, 0.6) is 0 Å². The molecule has 0 saturated carbocycles. The number of carbonyl (C=O) groups excluding carboxylic acids is 2. The van der Waals surface area contributed by atoms with Gasteiger partial charge in [0.15, 0.2) is 5.17 Å². The van der Waals surface area contributed by atoms with Crippen molar-refractivity contribution < 1.29 is 19.2 Å². The SMILES string of the molecule is O=C(C[C@H]1SC(=Nc2ccccc2)N(CCN2CCOCC2)C1=O)Nc1cc([N+](=O)[O-])ccc1Cl. The molecule has 2 aromatic carbocycles. The predicted molar refractivity (Wildman–Crippen MR) is 135 cm³/mol. The fourth-order valence-electron chi connectivity index (χ4n) is 3.70. The third-order valence-corrected chi connectivity index (χ3v) is 7.06. The third kappa shape index (κ3) is 6.57. The number of aliphatic imine (C=N–C) groups is 1. The van der Waals surface area contributed by atoms with Gasteiger partial charge in [-0.15, -0.1) is 0 Å².